The molecule has 3 heteroatoms. The maximum atomic E-state index is 9.56. The minimum absolute atomic E-state index is 0.137. The van der Waals surface area contributed by atoms with Crippen molar-refractivity contribution in [1.29, 1.82) is 0 Å². The Kier molecular flexibility index (Phi) is 5.14. The maximum absolute atomic E-state index is 9.56. The number of hydrogen-bond acceptors (Lipinski definition) is 3. The molecule has 0 spiro atoms. The van der Waals surface area contributed by atoms with Crippen LogP contribution in [0.2, 0.25) is 0 Å². The molecule has 2 nitrogen and oxygen atoms in total. The van der Waals surface area contributed by atoms with Crippen LogP contribution in [0.3, 0.4) is 0 Å². The van der Waals surface area contributed by atoms with Crippen LogP contribution in [0.15, 0.2) is 0 Å². The minimum atomic E-state index is -0.137. The zero-order valence-corrected chi connectivity index (χ0v) is 9.44. The third-order valence-corrected chi connectivity index (χ3v) is 3.73. The molecule has 0 aromatic heterocycles. The Bertz CT molecular complexity index is 133. The van der Waals surface area contributed by atoms with Crippen LogP contribution in [0.25, 0.3) is 0 Å². The van der Waals surface area contributed by atoms with Crippen molar-refractivity contribution in [3.63, 3.8) is 0 Å². The summed E-state index contributed by atoms with van der Waals surface area (Å²) >= 11 is 2.02. The third-order valence-electron chi connectivity index (χ3n) is 2.57. The van der Waals surface area contributed by atoms with Gasteiger partial charge in [-0.1, -0.05) is 13.8 Å². The van der Waals surface area contributed by atoms with Gasteiger partial charge in [-0.05, 0) is 31.1 Å². The van der Waals surface area contributed by atoms with E-state index in [0.717, 1.165) is 13.0 Å². The lowest BCUT2D eigenvalue weighted by Gasteiger charge is -2.16. The van der Waals surface area contributed by atoms with Crippen molar-refractivity contribution in [2.75, 3.05) is 18.1 Å². The molecule has 0 aliphatic carbocycles. The normalized spacial score (nSPS) is 25.4. The van der Waals surface area contributed by atoms with Gasteiger partial charge in [0.05, 0.1) is 6.10 Å². The fourth-order valence-electron chi connectivity index (χ4n) is 1.46. The van der Waals surface area contributed by atoms with Crippen LogP contribution in [-0.2, 0) is 0 Å². The first-order valence-corrected chi connectivity index (χ1v) is 6.35. The molecular weight excluding hydrogens is 182 g/mol. The first-order valence-electron chi connectivity index (χ1n) is 5.19. The molecule has 0 amide bonds. The summed E-state index contributed by atoms with van der Waals surface area (Å²) in [6.07, 6.45) is 2.04. The van der Waals surface area contributed by atoms with E-state index in [0.29, 0.717) is 12.0 Å². The molecule has 0 saturated carbocycles. The van der Waals surface area contributed by atoms with Gasteiger partial charge in [0, 0.05) is 11.8 Å². The Hall–Kier alpha value is 0.270. The maximum Gasteiger partial charge on any atom is 0.0575 e. The number of nitrogens with one attached hydrogen (secondary N) is 1. The van der Waals surface area contributed by atoms with Crippen molar-refractivity contribution in [3.8, 4) is 0 Å². The van der Waals surface area contributed by atoms with E-state index in [1.807, 2.05) is 11.8 Å². The zero-order chi connectivity index (χ0) is 9.68. The van der Waals surface area contributed by atoms with Crippen molar-refractivity contribution in [2.24, 2.45) is 5.92 Å². The highest BCUT2D eigenvalue weighted by atomic mass is 32.2. The largest absolute Gasteiger partial charge is 0.393 e. The Labute approximate surface area is 85.5 Å². The molecule has 2 N–H and O–H groups in total. The summed E-state index contributed by atoms with van der Waals surface area (Å²) in [5, 5.41) is 13.0. The fourth-order valence-corrected chi connectivity index (χ4v) is 2.65. The van der Waals surface area contributed by atoms with E-state index in [4.69, 9.17) is 0 Å². The molecule has 78 valence electrons. The standard InChI is InChI=1S/C10H21NOS/c1-8(2)10(12)3-5-11-9-4-6-13-7-9/h8-12H,3-7H2,1-2H3. The van der Waals surface area contributed by atoms with Gasteiger partial charge in [0.1, 0.15) is 0 Å². The second kappa shape index (κ2) is 5.89. The first-order chi connectivity index (χ1) is 6.20. The summed E-state index contributed by atoms with van der Waals surface area (Å²) in [5.74, 6) is 2.93. The van der Waals surface area contributed by atoms with Crippen molar-refractivity contribution >= 4 is 11.8 Å². The Morgan fingerprint density at radius 2 is 2.31 bits per heavy atom. The number of rotatable bonds is 5. The van der Waals surface area contributed by atoms with Gasteiger partial charge in [-0.3, -0.25) is 0 Å². The molecule has 1 aliphatic rings. The average molecular weight is 203 g/mol. The highest BCUT2D eigenvalue weighted by Gasteiger charge is 2.15. The molecular formula is C10H21NOS. The van der Waals surface area contributed by atoms with Gasteiger partial charge in [0.15, 0.2) is 0 Å². The van der Waals surface area contributed by atoms with Gasteiger partial charge in [-0.2, -0.15) is 11.8 Å². The highest BCUT2D eigenvalue weighted by molar-refractivity contribution is 7.99. The van der Waals surface area contributed by atoms with Crippen molar-refractivity contribution in [3.05, 3.63) is 0 Å². The molecule has 1 aliphatic heterocycles. The van der Waals surface area contributed by atoms with E-state index in [-0.39, 0.29) is 6.10 Å². The summed E-state index contributed by atoms with van der Waals surface area (Å²) < 4.78 is 0. The van der Waals surface area contributed by atoms with E-state index in [2.05, 4.69) is 19.2 Å². The molecule has 1 fully saturated rings. The summed E-state index contributed by atoms with van der Waals surface area (Å²) in [4.78, 5) is 0. The van der Waals surface area contributed by atoms with Crippen molar-refractivity contribution in [1.82, 2.24) is 5.32 Å². The average Bonchev–Trinajstić information content (AvgIpc) is 2.56. The lowest BCUT2D eigenvalue weighted by molar-refractivity contribution is 0.115. The topological polar surface area (TPSA) is 32.3 Å². The molecule has 13 heavy (non-hydrogen) atoms. The van der Waals surface area contributed by atoms with E-state index in [9.17, 15) is 5.11 Å². The van der Waals surface area contributed by atoms with Crippen LogP contribution < -0.4 is 5.32 Å². The van der Waals surface area contributed by atoms with Crippen LogP contribution in [0.1, 0.15) is 26.7 Å². The van der Waals surface area contributed by atoms with Gasteiger partial charge >= 0.3 is 0 Å². The molecule has 0 aromatic rings. The molecule has 1 heterocycles. The van der Waals surface area contributed by atoms with Crippen LogP contribution in [0, 0.1) is 5.92 Å². The second-order valence-corrected chi connectivity index (χ2v) is 5.26. The number of thioether (sulfide) groups is 1. The third kappa shape index (κ3) is 4.34. The lowest BCUT2D eigenvalue weighted by Crippen LogP contribution is -2.32. The molecule has 0 aromatic carbocycles. The molecule has 1 rings (SSSR count). The van der Waals surface area contributed by atoms with Crippen molar-refractivity contribution < 1.29 is 5.11 Å². The predicted molar refractivity (Wildman–Crippen MR) is 59.2 cm³/mol. The summed E-state index contributed by atoms with van der Waals surface area (Å²) in [7, 11) is 0. The monoisotopic (exact) mass is 203 g/mol. The zero-order valence-electron chi connectivity index (χ0n) is 8.62. The van der Waals surface area contributed by atoms with Gasteiger partial charge in [-0.25, -0.2) is 0 Å². The van der Waals surface area contributed by atoms with Crippen LogP contribution in [0.5, 0.6) is 0 Å². The van der Waals surface area contributed by atoms with E-state index >= 15 is 0 Å². The quantitative estimate of drug-likeness (QED) is 0.710. The number of hydrogen-bond donors (Lipinski definition) is 2. The Morgan fingerprint density at radius 3 is 2.85 bits per heavy atom. The molecule has 2 atom stereocenters. The molecule has 1 saturated heterocycles. The molecule has 2 unspecified atom stereocenters. The van der Waals surface area contributed by atoms with Crippen LogP contribution in [-0.4, -0.2) is 35.3 Å². The summed E-state index contributed by atoms with van der Waals surface area (Å²) in [6.45, 7) is 5.09. The second-order valence-electron chi connectivity index (χ2n) is 4.11. The highest BCUT2D eigenvalue weighted by Crippen LogP contribution is 2.17. The Morgan fingerprint density at radius 1 is 1.54 bits per heavy atom. The predicted octanol–water partition coefficient (Wildman–Crippen LogP) is 1.49. The van der Waals surface area contributed by atoms with Gasteiger partial charge < -0.3 is 10.4 Å². The fraction of sp³-hybridized carbons (Fsp3) is 1.00. The number of aliphatic hydroxyl groups is 1. The molecule has 0 bridgehead atoms. The van der Waals surface area contributed by atoms with Crippen molar-refractivity contribution in [2.45, 2.75) is 38.8 Å². The smallest absolute Gasteiger partial charge is 0.0575 e. The first kappa shape index (κ1) is 11.3. The summed E-state index contributed by atoms with van der Waals surface area (Å²) in [6, 6.07) is 0.698. The van der Waals surface area contributed by atoms with Crippen LogP contribution >= 0.6 is 11.8 Å². The van der Waals surface area contributed by atoms with Crippen LogP contribution in [0.4, 0.5) is 0 Å². The SMILES string of the molecule is CC(C)C(O)CCNC1CCSC1. The van der Waals surface area contributed by atoms with E-state index in [1.165, 1.54) is 17.9 Å². The molecule has 0 radical (unpaired) electrons. The summed E-state index contributed by atoms with van der Waals surface area (Å²) in [5.41, 5.74) is 0. The lowest BCUT2D eigenvalue weighted by atomic mass is 10.0. The number of aliphatic hydroxyl groups excluding tert-OH is 1. The van der Waals surface area contributed by atoms with Gasteiger partial charge in [-0.15, -0.1) is 0 Å². The van der Waals surface area contributed by atoms with E-state index < -0.39 is 0 Å². The van der Waals surface area contributed by atoms with Gasteiger partial charge in [0.25, 0.3) is 0 Å². The van der Waals surface area contributed by atoms with Gasteiger partial charge in [0.2, 0.25) is 0 Å². The Balaban J connectivity index is 1.99. The van der Waals surface area contributed by atoms with E-state index in [1.54, 1.807) is 0 Å². The minimum Gasteiger partial charge on any atom is -0.393 e.